The summed E-state index contributed by atoms with van der Waals surface area (Å²) < 4.78 is 0. The second-order valence-electron chi connectivity index (χ2n) is 7.28. The quantitative estimate of drug-likeness (QED) is 0.232. The molecule has 2 N–H and O–H groups in total. The summed E-state index contributed by atoms with van der Waals surface area (Å²) in [6.07, 6.45) is 19.0. The van der Waals surface area contributed by atoms with Gasteiger partial charge in [0, 0.05) is 6.54 Å². The maximum absolute atomic E-state index is 11.8. The number of unbranched alkanes of at least 4 members (excludes halogenated alkanes) is 13. The van der Waals surface area contributed by atoms with Gasteiger partial charge in [-0.25, -0.2) is 0 Å². The largest absolute Gasteiger partial charge is 0.362 e. The summed E-state index contributed by atoms with van der Waals surface area (Å²) in [6.45, 7) is 3.11. The molecule has 27 heavy (non-hydrogen) atoms. The number of hydrogen-bond acceptors (Lipinski definition) is 3. The first-order valence-corrected chi connectivity index (χ1v) is 12.2. The van der Waals surface area contributed by atoms with Crippen molar-refractivity contribution in [2.75, 3.05) is 6.54 Å². The number of amides is 1. The minimum atomic E-state index is -0.122. The molecule has 0 bridgehead atoms. The summed E-state index contributed by atoms with van der Waals surface area (Å²) >= 11 is 6.59. The van der Waals surface area contributed by atoms with Gasteiger partial charge in [-0.3, -0.25) is 10.1 Å². The molecule has 1 aromatic rings. The van der Waals surface area contributed by atoms with Crippen LogP contribution in [0.1, 0.15) is 106 Å². The average molecular weight is 411 g/mol. The molecular formula is C22H38N2OS2. The lowest BCUT2D eigenvalue weighted by Crippen LogP contribution is -2.39. The normalized spacial score (nSPS) is 10.7. The molecule has 1 aromatic heterocycles. The second-order valence-corrected chi connectivity index (χ2v) is 8.64. The van der Waals surface area contributed by atoms with Gasteiger partial charge in [0.1, 0.15) is 0 Å². The lowest BCUT2D eigenvalue weighted by molar-refractivity contribution is 0.0980. The van der Waals surface area contributed by atoms with Gasteiger partial charge in [-0.15, -0.1) is 11.3 Å². The maximum atomic E-state index is 11.8. The summed E-state index contributed by atoms with van der Waals surface area (Å²) in [5.74, 6) is -0.122. The minimum Gasteiger partial charge on any atom is -0.362 e. The van der Waals surface area contributed by atoms with Crippen molar-refractivity contribution in [2.45, 2.75) is 96.8 Å². The Balaban J connectivity index is 1.80. The molecule has 0 saturated carbocycles. The summed E-state index contributed by atoms with van der Waals surface area (Å²) in [5, 5.41) is 8.17. The number of carbonyl (C=O) groups is 1. The fourth-order valence-corrected chi connectivity index (χ4v) is 3.95. The van der Waals surface area contributed by atoms with Gasteiger partial charge in [-0.2, -0.15) is 0 Å². The molecule has 0 saturated heterocycles. The predicted octanol–water partition coefficient (Wildman–Crippen LogP) is 6.83. The number of thiocarbonyl (C=S) groups is 1. The van der Waals surface area contributed by atoms with Gasteiger partial charge in [0.05, 0.1) is 4.88 Å². The number of nitrogens with one attached hydrogen (secondary N) is 2. The van der Waals surface area contributed by atoms with Crippen molar-refractivity contribution in [3.05, 3.63) is 22.4 Å². The van der Waals surface area contributed by atoms with E-state index in [0.717, 1.165) is 13.0 Å². The summed E-state index contributed by atoms with van der Waals surface area (Å²) in [4.78, 5) is 12.5. The van der Waals surface area contributed by atoms with Crippen molar-refractivity contribution < 1.29 is 4.79 Å². The third-order valence-corrected chi connectivity index (χ3v) is 5.90. The highest BCUT2D eigenvalue weighted by atomic mass is 32.1. The Labute approximate surface area is 175 Å². The molecule has 5 heteroatoms. The molecule has 0 aromatic carbocycles. The molecule has 0 fully saturated rings. The Bertz CT molecular complexity index is 489. The molecule has 1 heterocycles. The number of hydrogen-bond donors (Lipinski definition) is 2. The Morgan fingerprint density at radius 1 is 0.889 bits per heavy atom. The third-order valence-electron chi connectivity index (χ3n) is 4.79. The molecule has 0 aliphatic carbocycles. The van der Waals surface area contributed by atoms with Crippen LogP contribution < -0.4 is 10.6 Å². The zero-order chi connectivity index (χ0) is 19.6. The summed E-state index contributed by atoms with van der Waals surface area (Å²) in [6, 6.07) is 3.67. The molecule has 0 unspecified atom stereocenters. The Morgan fingerprint density at radius 2 is 1.41 bits per heavy atom. The molecule has 154 valence electrons. The highest BCUT2D eigenvalue weighted by molar-refractivity contribution is 7.80. The van der Waals surface area contributed by atoms with Crippen LogP contribution in [-0.2, 0) is 0 Å². The molecular weight excluding hydrogens is 372 g/mol. The fraction of sp³-hybridized carbons (Fsp3) is 0.727. The van der Waals surface area contributed by atoms with E-state index >= 15 is 0 Å². The van der Waals surface area contributed by atoms with Gasteiger partial charge in [0.15, 0.2) is 5.11 Å². The van der Waals surface area contributed by atoms with Crippen molar-refractivity contribution in [1.29, 1.82) is 0 Å². The Kier molecular flexibility index (Phi) is 15.3. The molecule has 0 spiro atoms. The van der Waals surface area contributed by atoms with Crippen LogP contribution in [0, 0.1) is 0 Å². The highest BCUT2D eigenvalue weighted by Gasteiger charge is 2.07. The van der Waals surface area contributed by atoms with E-state index in [1.54, 1.807) is 6.07 Å². The molecule has 0 atom stereocenters. The summed E-state index contributed by atoms with van der Waals surface area (Å²) in [7, 11) is 0. The lowest BCUT2D eigenvalue weighted by Gasteiger charge is -2.08. The lowest BCUT2D eigenvalue weighted by atomic mass is 10.0. The second kappa shape index (κ2) is 17.2. The molecule has 1 amide bonds. The SMILES string of the molecule is CCCCCCCCCCCCCCCCNC(=S)NC(=O)c1cccs1. The number of rotatable bonds is 16. The Hall–Kier alpha value is -0.940. The monoisotopic (exact) mass is 410 g/mol. The molecule has 0 aliphatic rings. The molecule has 1 rings (SSSR count). The van der Waals surface area contributed by atoms with Gasteiger partial charge >= 0.3 is 0 Å². The van der Waals surface area contributed by atoms with Gasteiger partial charge in [0.2, 0.25) is 0 Å². The van der Waals surface area contributed by atoms with Crippen LogP contribution in [0.5, 0.6) is 0 Å². The molecule has 0 radical (unpaired) electrons. The standard InChI is InChI=1S/C22H38N2OS2/c1-2-3-4-5-6-7-8-9-10-11-12-13-14-15-18-23-22(26)24-21(25)20-17-16-19-27-20/h16-17,19H,2-15,18H2,1H3,(H2,23,24,25,26). The van der Waals surface area contributed by atoms with Crippen molar-refractivity contribution in [1.82, 2.24) is 10.6 Å². The van der Waals surface area contributed by atoms with Crippen LogP contribution in [-0.4, -0.2) is 17.6 Å². The van der Waals surface area contributed by atoms with Crippen LogP contribution >= 0.6 is 23.6 Å². The van der Waals surface area contributed by atoms with E-state index < -0.39 is 0 Å². The van der Waals surface area contributed by atoms with E-state index in [4.69, 9.17) is 12.2 Å². The maximum Gasteiger partial charge on any atom is 0.267 e. The zero-order valence-electron chi connectivity index (χ0n) is 17.1. The first kappa shape index (κ1) is 24.1. The Morgan fingerprint density at radius 3 is 1.89 bits per heavy atom. The van der Waals surface area contributed by atoms with Crippen LogP contribution in [0.4, 0.5) is 0 Å². The topological polar surface area (TPSA) is 41.1 Å². The number of thiophene rings is 1. The van der Waals surface area contributed by atoms with E-state index in [1.807, 2.05) is 11.4 Å². The fourth-order valence-electron chi connectivity index (χ4n) is 3.14. The van der Waals surface area contributed by atoms with E-state index in [0.29, 0.717) is 9.99 Å². The van der Waals surface area contributed by atoms with Crippen molar-refractivity contribution in [3.8, 4) is 0 Å². The van der Waals surface area contributed by atoms with E-state index in [-0.39, 0.29) is 5.91 Å². The molecule has 3 nitrogen and oxygen atoms in total. The predicted molar refractivity (Wildman–Crippen MR) is 123 cm³/mol. The first-order chi connectivity index (χ1) is 13.2. The molecule has 0 aliphatic heterocycles. The van der Waals surface area contributed by atoms with E-state index in [1.165, 1.54) is 94.8 Å². The van der Waals surface area contributed by atoms with Crippen LogP contribution in [0.3, 0.4) is 0 Å². The number of carbonyl (C=O) groups excluding carboxylic acids is 1. The zero-order valence-corrected chi connectivity index (χ0v) is 18.7. The van der Waals surface area contributed by atoms with Gasteiger partial charge in [-0.1, -0.05) is 96.5 Å². The van der Waals surface area contributed by atoms with Gasteiger partial charge in [0.25, 0.3) is 5.91 Å². The van der Waals surface area contributed by atoms with Crippen molar-refractivity contribution in [3.63, 3.8) is 0 Å². The average Bonchev–Trinajstić information content (AvgIpc) is 3.20. The third kappa shape index (κ3) is 13.8. The van der Waals surface area contributed by atoms with Crippen molar-refractivity contribution in [2.24, 2.45) is 0 Å². The van der Waals surface area contributed by atoms with Crippen LogP contribution in [0.2, 0.25) is 0 Å². The van der Waals surface area contributed by atoms with Crippen LogP contribution in [0.25, 0.3) is 0 Å². The first-order valence-electron chi connectivity index (χ1n) is 10.9. The van der Waals surface area contributed by atoms with Gasteiger partial charge < -0.3 is 5.32 Å². The highest BCUT2D eigenvalue weighted by Crippen LogP contribution is 2.12. The van der Waals surface area contributed by atoms with Crippen LogP contribution in [0.15, 0.2) is 17.5 Å². The van der Waals surface area contributed by atoms with Gasteiger partial charge in [-0.05, 0) is 30.1 Å². The smallest absolute Gasteiger partial charge is 0.267 e. The summed E-state index contributed by atoms with van der Waals surface area (Å²) in [5.41, 5.74) is 0. The van der Waals surface area contributed by atoms with E-state index in [2.05, 4.69) is 17.6 Å². The van der Waals surface area contributed by atoms with E-state index in [9.17, 15) is 4.79 Å². The van der Waals surface area contributed by atoms with Crippen molar-refractivity contribution >= 4 is 34.6 Å². The minimum absolute atomic E-state index is 0.122.